The number of aryl methyl sites for hydroxylation is 1. The second-order valence-corrected chi connectivity index (χ2v) is 10.7. The molecule has 0 radical (unpaired) electrons. The van der Waals surface area contributed by atoms with Crippen LogP contribution in [0.15, 0.2) is 34.8 Å². The van der Waals surface area contributed by atoms with E-state index in [1.54, 1.807) is 12.1 Å². The Morgan fingerprint density at radius 1 is 1.18 bits per heavy atom. The van der Waals surface area contributed by atoms with Crippen LogP contribution in [0.25, 0.3) is 0 Å². The van der Waals surface area contributed by atoms with Gasteiger partial charge in [0.2, 0.25) is 0 Å². The van der Waals surface area contributed by atoms with Crippen molar-refractivity contribution in [2.45, 2.75) is 69.4 Å². The molecule has 2 heterocycles. The fourth-order valence-corrected chi connectivity index (χ4v) is 6.68. The number of rotatable bonds is 6. The Morgan fingerprint density at radius 2 is 1.93 bits per heavy atom. The topological polar surface area (TPSA) is 21.3 Å². The fourth-order valence-electron chi connectivity index (χ4n) is 5.11. The predicted octanol–water partition coefficient (Wildman–Crippen LogP) is 6.50. The number of hydrogen-bond donors (Lipinski definition) is 1. The Morgan fingerprint density at radius 3 is 2.61 bits per heavy atom. The Labute approximate surface area is 180 Å². The number of hydrogen-bond acceptors (Lipinski definition) is 3. The van der Waals surface area contributed by atoms with Crippen LogP contribution in [0.1, 0.15) is 60.3 Å². The van der Waals surface area contributed by atoms with Crippen LogP contribution in [0, 0.1) is 12.7 Å². The zero-order valence-electron chi connectivity index (χ0n) is 16.5. The van der Waals surface area contributed by atoms with Crippen molar-refractivity contribution in [3.8, 4) is 0 Å². The summed E-state index contributed by atoms with van der Waals surface area (Å²) < 4.78 is 21.1. The van der Waals surface area contributed by atoms with Crippen LogP contribution in [-0.4, -0.2) is 18.8 Å². The van der Waals surface area contributed by atoms with Crippen LogP contribution < -0.4 is 5.32 Å². The third kappa shape index (κ3) is 4.38. The molecule has 1 aliphatic carbocycles. The van der Waals surface area contributed by atoms with Crippen molar-refractivity contribution in [3.63, 3.8) is 0 Å². The first-order chi connectivity index (χ1) is 13.5. The number of halogens is 2. The minimum atomic E-state index is -0.154. The number of ether oxygens (including phenoxy) is 1. The molecule has 1 N–H and O–H groups in total. The van der Waals surface area contributed by atoms with Gasteiger partial charge in [0, 0.05) is 32.8 Å². The molecule has 1 atom stereocenters. The van der Waals surface area contributed by atoms with Crippen LogP contribution in [0.4, 0.5) is 4.39 Å². The normalized spacial score (nSPS) is 24.1. The molecule has 1 aliphatic heterocycles. The lowest BCUT2D eigenvalue weighted by molar-refractivity contribution is -0.103. The maximum Gasteiger partial charge on any atom is 0.123 e. The average molecular weight is 466 g/mol. The van der Waals surface area contributed by atoms with Gasteiger partial charge in [-0.3, -0.25) is 0 Å². The third-order valence-corrected chi connectivity index (χ3v) is 8.75. The second-order valence-electron chi connectivity index (χ2n) is 8.50. The predicted molar refractivity (Wildman–Crippen MR) is 118 cm³/mol. The van der Waals surface area contributed by atoms with Gasteiger partial charge in [-0.25, -0.2) is 4.39 Å². The lowest BCUT2D eigenvalue weighted by atomic mass is 9.66. The molecule has 4 rings (SSSR count). The summed E-state index contributed by atoms with van der Waals surface area (Å²) in [4.78, 5) is 2.69. The summed E-state index contributed by atoms with van der Waals surface area (Å²) in [5.74, 6) is -0.154. The second kappa shape index (κ2) is 8.55. The van der Waals surface area contributed by atoms with Crippen LogP contribution in [-0.2, 0) is 16.7 Å². The van der Waals surface area contributed by atoms with Crippen LogP contribution >= 0.6 is 27.3 Å². The van der Waals surface area contributed by atoms with E-state index >= 15 is 0 Å². The molecule has 2 aromatic rings. The molecule has 1 aromatic carbocycles. The van der Waals surface area contributed by atoms with Crippen LogP contribution in [0.2, 0.25) is 0 Å². The highest BCUT2D eigenvalue weighted by atomic mass is 79.9. The molecule has 0 unspecified atom stereocenters. The largest absolute Gasteiger partial charge is 0.375 e. The number of thiophene rings is 1. The summed E-state index contributed by atoms with van der Waals surface area (Å²) in [7, 11) is 0. The van der Waals surface area contributed by atoms with Crippen molar-refractivity contribution in [2.75, 3.05) is 13.2 Å². The zero-order chi connectivity index (χ0) is 19.6. The summed E-state index contributed by atoms with van der Waals surface area (Å²) in [6.45, 7) is 4.82. The Balaban J connectivity index is 1.47. The van der Waals surface area contributed by atoms with Gasteiger partial charge < -0.3 is 10.1 Å². The van der Waals surface area contributed by atoms with Crippen molar-refractivity contribution >= 4 is 27.3 Å². The lowest BCUT2D eigenvalue weighted by Crippen LogP contribution is -2.47. The van der Waals surface area contributed by atoms with E-state index in [1.807, 2.05) is 23.5 Å². The quantitative estimate of drug-likeness (QED) is 0.491. The molecule has 1 saturated carbocycles. The van der Waals surface area contributed by atoms with E-state index < -0.39 is 0 Å². The van der Waals surface area contributed by atoms with Gasteiger partial charge in [0.1, 0.15) is 5.82 Å². The zero-order valence-corrected chi connectivity index (χ0v) is 18.9. The van der Waals surface area contributed by atoms with E-state index in [1.165, 1.54) is 45.5 Å². The first-order valence-electron chi connectivity index (χ1n) is 10.4. The van der Waals surface area contributed by atoms with Gasteiger partial charge in [-0.15, -0.1) is 11.3 Å². The molecule has 1 aromatic heterocycles. The van der Waals surface area contributed by atoms with Crippen molar-refractivity contribution in [1.82, 2.24) is 5.32 Å². The summed E-state index contributed by atoms with van der Waals surface area (Å²) >= 11 is 5.45. The molecule has 0 amide bonds. The highest BCUT2D eigenvalue weighted by molar-refractivity contribution is 9.10. The minimum absolute atomic E-state index is 0.0440. The van der Waals surface area contributed by atoms with E-state index in [2.05, 4.69) is 34.2 Å². The average Bonchev–Trinajstić information content (AvgIpc) is 3.26. The summed E-state index contributed by atoms with van der Waals surface area (Å²) in [5.41, 5.74) is 1.40. The minimum Gasteiger partial charge on any atom is -0.375 e. The molecule has 152 valence electrons. The summed E-state index contributed by atoms with van der Waals surface area (Å²) in [6.07, 6.45) is 8.03. The van der Waals surface area contributed by atoms with E-state index in [4.69, 9.17) is 4.74 Å². The molecule has 2 fully saturated rings. The molecule has 1 saturated heterocycles. The van der Waals surface area contributed by atoms with Gasteiger partial charge in [-0.2, -0.15) is 0 Å². The van der Waals surface area contributed by atoms with Crippen molar-refractivity contribution in [1.29, 1.82) is 0 Å². The fraction of sp³-hybridized carbons (Fsp3) is 0.565. The van der Waals surface area contributed by atoms with E-state index in [0.29, 0.717) is 0 Å². The first kappa shape index (κ1) is 20.5. The third-order valence-electron chi connectivity index (χ3n) is 6.61. The van der Waals surface area contributed by atoms with Gasteiger partial charge in [0.05, 0.1) is 5.60 Å². The molecular weight excluding hydrogens is 437 g/mol. The van der Waals surface area contributed by atoms with Crippen LogP contribution in [0.3, 0.4) is 0 Å². The monoisotopic (exact) mass is 465 g/mol. The molecular formula is C23H29BrFNOS. The van der Waals surface area contributed by atoms with Crippen LogP contribution in [0.5, 0.6) is 0 Å². The van der Waals surface area contributed by atoms with Crippen molar-refractivity contribution in [2.24, 2.45) is 0 Å². The highest BCUT2D eigenvalue weighted by Gasteiger charge is 2.47. The highest BCUT2D eigenvalue weighted by Crippen LogP contribution is 2.50. The summed E-state index contributed by atoms with van der Waals surface area (Å²) in [5, 5.41) is 3.65. The van der Waals surface area contributed by atoms with Gasteiger partial charge in [-0.05, 0) is 85.3 Å². The number of nitrogens with one attached hydrogen (secondary N) is 1. The molecule has 2 aliphatic rings. The maximum absolute atomic E-state index is 13.6. The van der Waals surface area contributed by atoms with Gasteiger partial charge in [-0.1, -0.05) is 25.0 Å². The molecule has 1 spiro atoms. The molecule has 28 heavy (non-hydrogen) atoms. The van der Waals surface area contributed by atoms with Crippen molar-refractivity contribution in [3.05, 3.63) is 55.9 Å². The molecule has 0 bridgehead atoms. The summed E-state index contributed by atoms with van der Waals surface area (Å²) in [6, 6.07) is 9.46. The van der Waals surface area contributed by atoms with Gasteiger partial charge >= 0.3 is 0 Å². The SMILES string of the molecule is Cc1sc(CNCC[C@@]2(c3ccc(F)cc3)CCOC3(CCCC3)C2)cc1Br. The van der Waals surface area contributed by atoms with Gasteiger partial charge in [0.15, 0.2) is 0 Å². The van der Waals surface area contributed by atoms with Crippen molar-refractivity contribution < 1.29 is 9.13 Å². The Hall–Kier alpha value is -0.750. The van der Waals surface area contributed by atoms with E-state index in [-0.39, 0.29) is 16.8 Å². The first-order valence-corrected chi connectivity index (χ1v) is 12.0. The molecule has 5 heteroatoms. The molecule has 2 nitrogen and oxygen atoms in total. The standard InChI is InChI=1S/C23H29BrFNOS/c1-17-21(24)14-20(28-17)15-26-12-10-22(18-4-6-19(25)7-5-18)11-13-27-23(16-22)8-2-3-9-23/h4-7,14,26H,2-3,8-13,15-16H2,1H3/t22-/m1/s1. The lowest BCUT2D eigenvalue weighted by Gasteiger charge is -2.47. The van der Waals surface area contributed by atoms with Gasteiger partial charge in [0.25, 0.3) is 0 Å². The smallest absolute Gasteiger partial charge is 0.123 e. The Kier molecular flexibility index (Phi) is 6.26. The van der Waals surface area contributed by atoms with E-state index in [0.717, 1.165) is 39.0 Å². The number of benzene rings is 1. The Bertz CT molecular complexity index is 780. The maximum atomic E-state index is 13.6. The van der Waals surface area contributed by atoms with E-state index in [9.17, 15) is 4.39 Å².